The second-order valence-corrected chi connectivity index (χ2v) is 7.62. The van der Waals surface area contributed by atoms with Crippen molar-refractivity contribution in [2.24, 2.45) is 0 Å². The molecule has 0 amide bonds. The summed E-state index contributed by atoms with van der Waals surface area (Å²) < 4.78 is 0. The quantitative estimate of drug-likeness (QED) is 0.387. The molecule has 1 nitrogen and oxygen atoms in total. The Kier molecular flexibility index (Phi) is 4.83. The van der Waals surface area contributed by atoms with Crippen molar-refractivity contribution in [1.82, 2.24) is 0 Å². The Hall–Kier alpha value is -3.19. The van der Waals surface area contributed by atoms with Gasteiger partial charge in [0.1, 0.15) is 0 Å². The van der Waals surface area contributed by atoms with Crippen molar-refractivity contribution in [3.05, 3.63) is 118 Å². The Morgan fingerprint density at radius 2 is 1.32 bits per heavy atom. The maximum absolute atomic E-state index is 8.99. The molecular weight excluding hydrogens is 338 g/mol. The van der Waals surface area contributed by atoms with E-state index in [9.17, 15) is 0 Å². The Morgan fingerprint density at radius 1 is 0.714 bits per heavy atom. The van der Waals surface area contributed by atoms with Gasteiger partial charge in [-0.3, -0.25) is 5.41 Å². The van der Waals surface area contributed by atoms with E-state index in [0.717, 1.165) is 17.5 Å². The van der Waals surface area contributed by atoms with E-state index >= 15 is 0 Å². The van der Waals surface area contributed by atoms with Crippen molar-refractivity contribution in [2.75, 3.05) is 0 Å². The molecule has 0 radical (unpaired) electrons. The first-order valence-corrected chi connectivity index (χ1v) is 9.76. The molecule has 0 unspecified atom stereocenters. The first-order valence-electron chi connectivity index (χ1n) is 9.76. The topological polar surface area (TPSA) is 23.9 Å². The smallest absolute Gasteiger partial charge is 0.0692 e. The second-order valence-electron chi connectivity index (χ2n) is 7.62. The molecule has 0 aromatic heterocycles. The van der Waals surface area contributed by atoms with E-state index < -0.39 is 0 Å². The van der Waals surface area contributed by atoms with Crippen LogP contribution in [0.2, 0.25) is 0 Å². The molecule has 0 fully saturated rings. The molecule has 1 N–H and O–H groups in total. The lowest BCUT2D eigenvalue weighted by Gasteiger charge is -2.16. The third-order valence-corrected chi connectivity index (χ3v) is 5.47. The van der Waals surface area contributed by atoms with E-state index in [1.807, 2.05) is 6.07 Å². The van der Waals surface area contributed by atoms with Gasteiger partial charge in [0.25, 0.3) is 0 Å². The lowest BCUT2D eigenvalue weighted by Crippen LogP contribution is -2.10. The van der Waals surface area contributed by atoms with Crippen LogP contribution in [0.5, 0.6) is 0 Å². The minimum absolute atomic E-state index is 0.617. The van der Waals surface area contributed by atoms with Gasteiger partial charge in [-0.1, -0.05) is 84.4 Å². The standard InChI is InChI=1S/C27H25N/c1-18-15-19(2)26(20(3)16-18)27(28)25-14-7-5-10-23(25)17-22-12-8-11-21-9-4-6-13-24(21)22/h4-16,28H,17H2,1-3H3. The van der Waals surface area contributed by atoms with Crippen molar-refractivity contribution in [1.29, 1.82) is 5.41 Å². The highest BCUT2D eigenvalue weighted by Crippen LogP contribution is 2.26. The molecule has 4 aromatic rings. The average molecular weight is 364 g/mol. The lowest BCUT2D eigenvalue weighted by molar-refractivity contribution is 1.19. The molecule has 0 bridgehead atoms. The summed E-state index contributed by atoms with van der Waals surface area (Å²) in [4.78, 5) is 0. The monoisotopic (exact) mass is 363 g/mol. The highest BCUT2D eigenvalue weighted by molar-refractivity contribution is 6.13. The largest absolute Gasteiger partial charge is 0.300 e. The summed E-state index contributed by atoms with van der Waals surface area (Å²) in [5.41, 5.74) is 8.77. The third kappa shape index (κ3) is 3.36. The Bertz CT molecular complexity index is 1160. The molecule has 0 spiro atoms. The van der Waals surface area contributed by atoms with Crippen LogP contribution in [0.25, 0.3) is 10.8 Å². The Morgan fingerprint density at radius 3 is 2.11 bits per heavy atom. The molecule has 138 valence electrons. The van der Waals surface area contributed by atoms with E-state index in [-0.39, 0.29) is 0 Å². The van der Waals surface area contributed by atoms with Crippen LogP contribution in [0, 0.1) is 26.2 Å². The number of hydrogen-bond donors (Lipinski definition) is 1. The number of benzene rings is 4. The van der Waals surface area contributed by atoms with Gasteiger partial charge in [0.15, 0.2) is 0 Å². The minimum atomic E-state index is 0.617. The number of fused-ring (bicyclic) bond motifs is 1. The normalized spacial score (nSPS) is 11.0. The van der Waals surface area contributed by atoms with Gasteiger partial charge in [-0.05, 0) is 60.2 Å². The second kappa shape index (κ2) is 7.44. The summed E-state index contributed by atoms with van der Waals surface area (Å²) in [7, 11) is 0. The van der Waals surface area contributed by atoms with Crippen molar-refractivity contribution in [3.8, 4) is 0 Å². The minimum Gasteiger partial charge on any atom is -0.300 e. The number of rotatable bonds is 4. The lowest BCUT2D eigenvalue weighted by atomic mass is 9.88. The van der Waals surface area contributed by atoms with Gasteiger partial charge in [0, 0.05) is 11.1 Å². The zero-order chi connectivity index (χ0) is 19.7. The zero-order valence-electron chi connectivity index (χ0n) is 16.7. The molecule has 0 atom stereocenters. The molecule has 0 saturated carbocycles. The SMILES string of the molecule is Cc1cc(C)c(C(=N)c2ccccc2Cc2cccc3ccccc23)c(C)c1. The van der Waals surface area contributed by atoms with Crippen LogP contribution >= 0.6 is 0 Å². The van der Waals surface area contributed by atoms with Crippen LogP contribution in [-0.4, -0.2) is 5.71 Å². The molecule has 4 rings (SSSR count). The van der Waals surface area contributed by atoms with E-state index in [1.165, 1.54) is 38.6 Å². The molecule has 0 heterocycles. The first-order chi connectivity index (χ1) is 13.5. The highest BCUT2D eigenvalue weighted by Gasteiger charge is 2.15. The number of aryl methyl sites for hydroxylation is 3. The maximum atomic E-state index is 8.99. The van der Waals surface area contributed by atoms with E-state index in [0.29, 0.717) is 5.71 Å². The van der Waals surface area contributed by atoms with Gasteiger partial charge in [-0.25, -0.2) is 0 Å². The Labute approximate surface area is 167 Å². The van der Waals surface area contributed by atoms with Crippen molar-refractivity contribution < 1.29 is 0 Å². The molecule has 1 heteroatoms. The summed E-state index contributed by atoms with van der Waals surface area (Å²) in [5, 5.41) is 11.5. The van der Waals surface area contributed by atoms with Crippen LogP contribution in [-0.2, 0) is 6.42 Å². The van der Waals surface area contributed by atoms with Gasteiger partial charge in [-0.2, -0.15) is 0 Å². The predicted molar refractivity (Wildman–Crippen MR) is 120 cm³/mol. The average Bonchev–Trinajstić information content (AvgIpc) is 2.68. The fraction of sp³-hybridized carbons (Fsp3) is 0.148. The number of nitrogens with one attached hydrogen (secondary N) is 1. The van der Waals surface area contributed by atoms with E-state index in [4.69, 9.17) is 5.41 Å². The van der Waals surface area contributed by atoms with Crippen LogP contribution < -0.4 is 0 Å². The Balaban J connectivity index is 1.79. The fourth-order valence-electron chi connectivity index (χ4n) is 4.28. The summed E-state index contributed by atoms with van der Waals surface area (Å²) >= 11 is 0. The molecule has 0 aliphatic rings. The molecule has 0 aliphatic heterocycles. The summed E-state index contributed by atoms with van der Waals surface area (Å²) in [6.45, 7) is 6.33. The summed E-state index contributed by atoms with van der Waals surface area (Å²) in [6.07, 6.45) is 0.823. The van der Waals surface area contributed by atoms with Crippen LogP contribution in [0.15, 0.2) is 78.9 Å². The fourth-order valence-corrected chi connectivity index (χ4v) is 4.28. The van der Waals surface area contributed by atoms with E-state index in [2.05, 4.69) is 93.6 Å². The van der Waals surface area contributed by atoms with Gasteiger partial charge in [0.05, 0.1) is 5.71 Å². The van der Waals surface area contributed by atoms with Gasteiger partial charge in [-0.15, -0.1) is 0 Å². The van der Waals surface area contributed by atoms with Gasteiger partial charge in [0.2, 0.25) is 0 Å². The predicted octanol–water partition coefficient (Wildman–Crippen LogP) is 6.77. The van der Waals surface area contributed by atoms with Crippen LogP contribution in [0.1, 0.15) is 38.9 Å². The van der Waals surface area contributed by atoms with E-state index in [1.54, 1.807) is 0 Å². The summed E-state index contributed by atoms with van der Waals surface area (Å²) in [5.74, 6) is 0. The third-order valence-electron chi connectivity index (χ3n) is 5.47. The van der Waals surface area contributed by atoms with Crippen LogP contribution in [0.3, 0.4) is 0 Å². The van der Waals surface area contributed by atoms with Crippen molar-refractivity contribution in [2.45, 2.75) is 27.2 Å². The molecule has 0 saturated heterocycles. The zero-order valence-corrected chi connectivity index (χ0v) is 16.7. The maximum Gasteiger partial charge on any atom is 0.0692 e. The first kappa shape index (κ1) is 18.2. The van der Waals surface area contributed by atoms with Gasteiger partial charge >= 0.3 is 0 Å². The summed E-state index contributed by atoms with van der Waals surface area (Å²) in [6, 6.07) is 27.7. The van der Waals surface area contributed by atoms with Crippen molar-refractivity contribution >= 4 is 16.5 Å². The van der Waals surface area contributed by atoms with Crippen molar-refractivity contribution in [3.63, 3.8) is 0 Å². The molecule has 28 heavy (non-hydrogen) atoms. The van der Waals surface area contributed by atoms with Crippen LogP contribution in [0.4, 0.5) is 0 Å². The highest BCUT2D eigenvalue weighted by atomic mass is 14.4. The molecular formula is C27H25N. The molecule has 4 aromatic carbocycles. The van der Waals surface area contributed by atoms with Gasteiger partial charge < -0.3 is 0 Å². The number of hydrogen-bond acceptors (Lipinski definition) is 1. The molecule has 0 aliphatic carbocycles.